The highest BCUT2D eigenvalue weighted by Crippen LogP contribution is 2.19. The Kier molecular flexibility index (Phi) is 7.27. The first-order valence-electron chi connectivity index (χ1n) is 9.98. The van der Waals surface area contributed by atoms with E-state index in [9.17, 15) is 0 Å². The topological polar surface area (TPSA) is 65.7 Å². The Morgan fingerprint density at radius 3 is 2.89 bits per heavy atom. The van der Waals surface area contributed by atoms with Gasteiger partial charge in [-0.25, -0.2) is 4.98 Å². The summed E-state index contributed by atoms with van der Waals surface area (Å²) in [4.78, 5) is 11.5. The van der Waals surface area contributed by atoms with Crippen LogP contribution in [0.3, 0.4) is 0 Å². The van der Waals surface area contributed by atoms with E-state index in [1.807, 2.05) is 30.3 Å². The minimum Gasteiger partial charge on any atom is -0.444 e. The number of aromatic nitrogens is 1. The third-order valence-corrected chi connectivity index (χ3v) is 5.14. The van der Waals surface area contributed by atoms with E-state index < -0.39 is 0 Å². The molecular formula is C21H31N5O. The Morgan fingerprint density at radius 2 is 2.11 bits per heavy atom. The van der Waals surface area contributed by atoms with Crippen LogP contribution in [0.2, 0.25) is 0 Å². The Labute approximate surface area is 162 Å². The maximum absolute atomic E-state index is 5.58. The molecule has 0 spiro atoms. The van der Waals surface area contributed by atoms with Crippen molar-refractivity contribution in [2.75, 3.05) is 26.7 Å². The van der Waals surface area contributed by atoms with Crippen molar-refractivity contribution >= 4 is 5.96 Å². The predicted octanol–water partition coefficient (Wildman–Crippen LogP) is 3.27. The lowest BCUT2D eigenvalue weighted by molar-refractivity contribution is 0.147. The van der Waals surface area contributed by atoms with Crippen molar-refractivity contribution in [2.24, 2.45) is 4.99 Å². The van der Waals surface area contributed by atoms with Gasteiger partial charge in [0.15, 0.2) is 5.96 Å². The average Bonchev–Trinajstić information content (AvgIpc) is 3.20. The molecule has 1 aliphatic rings. The van der Waals surface area contributed by atoms with Gasteiger partial charge in [-0.3, -0.25) is 9.89 Å². The average molecular weight is 370 g/mol. The van der Waals surface area contributed by atoms with Gasteiger partial charge in [0.2, 0.25) is 5.89 Å². The van der Waals surface area contributed by atoms with Crippen LogP contribution in [0, 0.1) is 0 Å². The maximum Gasteiger partial charge on any atom is 0.226 e. The number of rotatable bonds is 7. The summed E-state index contributed by atoms with van der Waals surface area (Å²) in [5, 5.41) is 6.72. The fraction of sp³-hybridized carbons (Fsp3) is 0.524. The number of aliphatic imine (C=N–C) groups is 1. The summed E-state index contributed by atoms with van der Waals surface area (Å²) in [7, 11) is 1.79. The fourth-order valence-corrected chi connectivity index (χ4v) is 3.63. The molecule has 3 rings (SSSR count). The summed E-state index contributed by atoms with van der Waals surface area (Å²) < 4.78 is 5.58. The van der Waals surface area contributed by atoms with Gasteiger partial charge in [0.05, 0.1) is 12.2 Å². The number of hydrogen-bond donors (Lipinski definition) is 2. The van der Waals surface area contributed by atoms with Gasteiger partial charge in [0.1, 0.15) is 6.26 Å². The summed E-state index contributed by atoms with van der Waals surface area (Å²) in [6.07, 6.45) is 6.96. The molecule has 1 aliphatic heterocycles. The summed E-state index contributed by atoms with van der Waals surface area (Å²) >= 11 is 0. The van der Waals surface area contributed by atoms with E-state index in [1.165, 1.54) is 32.2 Å². The summed E-state index contributed by atoms with van der Waals surface area (Å²) in [6, 6.07) is 10.7. The molecule has 1 aromatic heterocycles. The molecule has 1 atom stereocenters. The Balaban J connectivity index is 1.43. The molecule has 0 radical (unpaired) electrons. The van der Waals surface area contributed by atoms with Crippen LogP contribution in [0.25, 0.3) is 11.5 Å². The second-order valence-electron chi connectivity index (χ2n) is 6.96. The van der Waals surface area contributed by atoms with Gasteiger partial charge >= 0.3 is 0 Å². The van der Waals surface area contributed by atoms with E-state index in [0.29, 0.717) is 12.4 Å². The second kappa shape index (κ2) is 10.1. The van der Waals surface area contributed by atoms with Crippen LogP contribution >= 0.6 is 0 Å². The number of piperidine rings is 1. The smallest absolute Gasteiger partial charge is 0.226 e. The lowest BCUT2D eigenvalue weighted by atomic mass is 10.0. The van der Waals surface area contributed by atoms with Gasteiger partial charge in [-0.2, -0.15) is 0 Å². The van der Waals surface area contributed by atoms with Crippen LogP contribution < -0.4 is 10.6 Å². The summed E-state index contributed by atoms with van der Waals surface area (Å²) in [5.41, 5.74) is 1.84. The van der Waals surface area contributed by atoms with E-state index >= 15 is 0 Å². The molecule has 0 saturated carbocycles. The Morgan fingerprint density at radius 1 is 1.26 bits per heavy atom. The number of benzene rings is 1. The fourth-order valence-electron chi connectivity index (χ4n) is 3.63. The minimum atomic E-state index is 0.581. The van der Waals surface area contributed by atoms with E-state index in [1.54, 1.807) is 13.3 Å². The van der Waals surface area contributed by atoms with Gasteiger partial charge in [-0.1, -0.05) is 31.5 Å². The van der Waals surface area contributed by atoms with Crippen LogP contribution in [0.4, 0.5) is 0 Å². The normalized spacial score (nSPS) is 18.4. The van der Waals surface area contributed by atoms with Crippen molar-refractivity contribution in [3.8, 4) is 11.5 Å². The molecule has 0 aliphatic carbocycles. The standard InChI is InChI=1S/C21H31N5O/c1-3-19-11-7-8-13-26(19)14-12-23-21(22-2)24-15-18-16-27-20(25-18)17-9-5-4-6-10-17/h4-6,9-10,16,19H,3,7-8,11-15H2,1-2H3,(H2,22,23,24). The van der Waals surface area contributed by atoms with Gasteiger partial charge in [-0.15, -0.1) is 0 Å². The molecule has 146 valence electrons. The molecule has 27 heavy (non-hydrogen) atoms. The monoisotopic (exact) mass is 369 g/mol. The molecule has 6 heteroatoms. The molecule has 0 bridgehead atoms. The van der Waals surface area contributed by atoms with E-state index in [2.05, 4.69) is 32.4 Å². The number of nitrogens with zero attached hydrogens (tertiary/aromatic N) is 3. The number of likely N-dealkylation sites (tertiary alicyclic amines) is 1. The SMILES string of the molecule is CCC1CCCCN1CCNC(=NC)NCc1coc(-c2ccccc2)n1. The number of oxazole rings is 1. The lowest BCUT2D eigenvalue weighted by Crippen LogP contribution is -2.45. The molecule has 1 unspecified atom stereocenters. The number of guanidine groups is 1. The van der Waals surface area contributed by atoms with E-state index in [4.69, 9.17) is 4.42 Å². The first kappa shape index (κ1) is 19.4. The van der Waals surface area contributed by atoms with Gasteiger partial charge in [0.25, 0.3) is 0 Å². The molecule has 0 amide bonds. The van der Waals surface area contributed by atoms with Crippen molar-refractivity contribution in [3.63, 3.8) is 0 Å². The molecule has 1 fully saturated rings. The zero-order chi connectivity index (χ0) is 18.9. The van der Waals surface area contributed by atoms with Crippen molar-refractivity contribution < 1.29 is 4.42 Å². The predicted molar refractivity (Wildman–Crippen MR) is 110 cm³/mol. The Bertz CT molecular complexity index is 712. The Hall–Kier alpha value is -2.34. The molecule has 2 aromatic rings. The largest absolute Gasteiger partial charge is 0.444 e. The summed E-state index contributed by atoms with van der Waals surface area (Å²) in [5.74, 6) is 1.44. The molecule has 1 saturated heterocycles. The van der Waals surface area contributed by atoms with E-state index in [-0.39, 0.29) is 0 Å². The first-order valence-corrected chi connectivity index (χ1v) is 9.98. The van der Waals surface area contributed by atoms with Crippen molar-refractivity contribution in [3.05, 3.63) is 42.3 Å². The van der Waals surface area contributed by atoms with E-state index in [0.717, 1.165) is 36.3 Å². The van der Waals surface area contributed by atoms with Crippen molar-refractivity contribution in [1.29, 1.82) is 0 Å². The van der Waals surface area contributed by atoms with Crippen LogP contribution in [-0.4, -0.2) is 48.6 Å². The molecule has 6 nitrogen and oxygen atoms in total. The highest BCUT2D eigenvalue weighted by molar-refractivity contribution is 5.79. The quantitative estimate of drug-likeness (QED) is 0.579. The van der Waals surface area contributed by atoms with Crippen LogP contribution in [-0.2, 0) is 6.54 Å². The minimum absolute atomic E-state index is 0.581. The summed E-state index contributed by atoms with van der Waals surface area (Å²) in [6.45, 7) is 6.04. The first-order chi connectivity index (χ1) is 13.3. The zero-order valence-electron chi connectivity index (χ0n) is 16.4. The second-order valence-corrected chi connectivity index (χ2v) is 6.96. The van der Waals surface area contributed by atoms with Gasteiger partial charge in [-0.05, 0) is 37.9 Å². The molecule has 2 heterocycles. The molecule has 2 N–H and O–H groups in total. The maximum atomic E-state index is 5.58. The number of hydrogen-bond acceptors (Lipinski definition) is 4. The van der Waals surface area contributed by atoms with Crippen LogP contribution in [0.5, 0.6) is 0 Å². The molecular weight excluding hydrogens is 338 g/mol. The third-order valence-electron chi connectivity index (χ3n) is 5.14. The highest BCUT2D eigenvalue weighted by Gasteiger charge is 2.19. The van der Waals surface area contributed by atoms with Crippen molar-refractivity contribution in [1.82, 2.24) is 20.5 Å². The molecule has 1 aromatic carbocycles. The van der Waals surface area contributed by atoms with Gasteiger partial charge < -0.3 is 15.1 Å². The van der Waals surface area contributed by atoms with Gasteiger partial charge in [0, 0.05) is 31.7 Å². The van der Waals surface area contributed by atoms with Crippen molar-refractivity contribution in [2.45, 2.75) is 45.2 Å². The lowest BCUT2D eigenvalue weighted by Gasteiger charge is -2.35. The van der Waals surface area contributed by atoms with Crippen LogP contribution in [0.1, 0.15) is 38.3 Å². The van der Waals surface area contributed by atoms with Crippen LogP contribution in [0.15, 0.2) is 46.0 Å². The highest BCUT2D eigenvalue weighted by atomic mass is 16.3. The number of nitrogens with one attached hydrogen (secondary N) is 2. The third kappa shape index (κ3) is 5.57. The zero-order valence-corrected chi connectivity index (χ0v) is 16.4.